The van der Waals surface area contributed by atoms with Gasteiger partial charge in [-0.15, -0.1) is 41.3 Å². The topological polar surface area (TPSA) is 44.9 Å². The molecular formula is C46H48N4OPd. The third-order valence-electron chi connectivity index (χ3n) is 10.1. The zero-order chi connectivity index (χ0) is 36.2. The summed E-state index contributed by atoms with van der Waals surface area (Å²) in [6.07, 6.45) is 3.84. The molecule has 7 rings (SSSR count). The Bertz CT molecular complexity index is 2400. The molecule has 0 N–H and O–H groups in total. The molecule has 7 aromatic rings. The first-order valence-electron chi connectivity index (χ1n) is 18.1. The van der Waals surface area contributed by atoms with E-state index in [1.54, 1.807) is 0 Å². The van der Waals surface area contributed by atoms with Crippen LogP contribution in [0.1, 0.15) is 89.0 Å². The zero-order valence-corrected chi connectivity index (χ0v) is 33.6. The molecule has 0 fully saturated rings. The van der Waals surface area contributed by atoms with E-state index in [-0.39, 0.29) is 31.3 Å². The normalized spacial score (nSPS) is 12.0. The van der Waals surface area contributed by atoms with Crippen molar-refractivity contribution in [1.29, 1.82) is 0 Å². The molecule has 0 aliphatic heterocycles. The van der Waals surface area contributed by atoms with Gasteiger partial charge in [0.15, 0.2) is 0 Å². The van der Waals surface area contributed by atoms with Crippen molar-refractivity contribution in [3.63, 3.8) is 0 Å². The van der Waals surface area contributed by atoms with Crippen molar-refractivity contribution in [3.05, 3.63) is 131 Å². The van der Waals surface area contributed by atoms with Crippen LogP contribution in [-0.2, 0) is 44.1 Å². The van der Waals surface area contributed by atoms with Gasteiger partial charge in [0.1, 0.15) is 5.82 Å². The van der Waals surface area contributed by atoms with Crippen LogP contribution >= 0.6 is 0 Å². The van der Waals surface area contributed by atoms with Gasteiger partial charge in [0.25, 0.3) is 0 Å². The Morgan fingerprint density at radius 1 is 0.692 bits per heavy atom. The second-order valence-corrected chi connectivity index (χ2v) is 15.7. The summed E-state index contributed by atoms with van der Waals surface area (Å²) in [4.78, 5) is 4.84. The predicted octanol–water partition coefficient (Wildman–Crippen LogP) is 11.8. The minimum Gasteiger partial charge on any atom is -0.509 e. The SMILES string of the molecule is CCc1cccc(CC)c1-c1c(C)nn(-c2[c-]c(Oc3[c-]c4c(cc3)c3ccccc3n4-c3cc(C(C)(C)C)ccn3)cc(C(C)(C)C)c2)c1C.[Pd+2]. The van der Waals surface area contributed by atoms with Gasteiger partial charge >= 0.3 is 20.4 Å². The fourth-order valence-electron chi connectivity index (χ4n) is 7.23. The molecule has 52 heavy (non-hydrogen) atoms. The van der Waals surface area contributed by atoms with Crippen LogP contribution in [0.4, 0.5) is 0 Å². The van der Waals surface area contributed by atoms with Crippen LogP contribution in [0, 0.1) is 26.0 Å². The fraction of sp³-hybridized carbons (Fsp3) is 0.304. The molecule has 0 bridgehead atoms. The molecule has 6 heteroatoms. The molecule has 5 nitrogen and oxygen atoms in total. The monoisotopic (exact) mass is 778 g/mol. The number of rotatable bonds is 7. The molecular weight excluding hydrogens is 731 g/mol. The number of hydrogen-bond donors (Lipinski definition) is 0. The van der Waals surface area contributed by atoms with Gasteiger partial charge < -0.3 is 9.30 Å². The van der Waals surface area contributed by atoms with Crippen LogP contribution in [-0.4, -0.2) is 19.3 Å². The van der Waals surface area contributed by atoms with Gasteiger partial charge in [-0.05, 0) is 89.0 Å². The van der Waals surface area contributed by atoms with Gasteiger partial charge in [-0.2, -0.15) is 11.2 Å². The standard InChI is InChI=1S/C46H48N4O.Pd/c1-11-31-16-15-17-32(12-2)44(31)43-29(3)48-50(30(43)4)35-24-34(46(8,9)10)25-37(27-35)51-36-20-21-39-38-18-13-14-19-40(38)49(41(39)28-36)42-26-33(22-23-47-42)45(5,6)7;/h13-26H,11-12H2,1-10H3;/q-2;+2. The Kier molecular flexibility index (Phi) is 10.1. The van der Waals surface area contributed by atoms with Crippen molar-refractivity contribution in [2.24, 2.45) is 0 Å². The second kappa shape index (κ2) is 14.1. The summed E-state index contributed by atoms with van der Waals surface area (Å²) < 4.78 is 10.9. The molecule has 0 aliphatic rings. The first-order valence-corrected chi connectivity index (χ1v) is 18.1. The summed E-state index contributed by atoms with van der Waals surface area (Å²) in [6, 6.07) is 35.1. The van der Waals surface area contributed by atoms with Crippen LogP contribution < -0.4 is 4.74 Å². The van der Waals surface area contributed by atoms with Gasteiger partial charge in [-0.1, -0.05) is 97.3 Å². The van der Waals surface area contributed by atoms with Crippen LogP contribution in [0.2, 0.25) is 0 Å². The fourth-order valence-corrected chi connectivity index (χ4v) is 7.23. The zero-order valence-electron chi connectivity index (χ0n) is 32.0. The number of benzene rings is 4. The Hall–Kier alpha value is -4.50. The molecule has 3 heterocycles. The maximum atomic E-state index is 6.70. The number of ether oxygens (including phenoxy) is 1. The smallest absolute Gasteiger partial charge is 0.509 e. The van der Waals surface area contributed by atoms with Crippen molar-refractivity contribution >= 4 is 21.8 Å². The Morgan fingerprint density at radius 3 is 2.06 bits per heavy atom. The number of para-hydroxylation sites is 1. The van der Waals surface area contributed by atoms with E-state index in [1.807, 2.05) is 16.9 Å². The molecule has 268 valence electrons. The van der Waals surface area contributed by atoms with Gasteiger partial charge in [0.2, 0.25) is 0 Å². The summed E-state index contributed by atoms with van der Waals surface area (Å²) in [5.41, 5.74) is 12.4. The third kappa shape index (κ3) is 6.75. The van der Waals surface area contributed by atoms with Gasteiger partial charge in [0, 0.05) is 34.5 Å². The first kappa shape index (κ1) is 37.3. The van der Waals surface area contributed by atoms with E-state index in [2.05, 4.69) is 159 Å². The Labute approximate surface area is 322 Å². The molecule has 4 aromatic carbocycles. The van der Waals surface area contributed by atoms with E-state index in [0.717, 1.165) is 63.1 Å². The number of fused-ring (bicyclic) bond motifs is 3. The van der Waals surface area contributed by atoms with Crippen molar-refractivity contribution < 1.29 is 25.2 Å². The van der Waals surface area contributed by atoms with E-state index >= 15 is 0 Å². The van der Waals surface area contributed by atoms with E-state index in [0.29, 0.717) is 11.5 Å². The quantitative estimate of drug-likeness (QED) is 0.120. The minimum atomic E-state index is -0.130. The van der Waals surface area contributed by atoms with Gasteiger partial charge in [-0.25, -0.2) is 4.98 Å². The van der Waals surface area contributed by atoms with Gasteiger partial charge in [0.05, 0.1) is 5.69 Å². The summed E-state index contributed by atoms with van der Waals surface area (Å²) in [5, 5.41) is 7.38. The van der Waals surface area contributed by atoms with Crippen molar-refractivity contribution in [2.75, 3.05) is 0 Å². The maximum absolute atomic E-state index is 6.70. The van der Waals surface area contributed by atoms with E-state index in [9.17, 15) is 0 Å². The number of nitrogens with zero attached hydrogens (tertiary/aromatic N) is 4. The average Bonchev–Trinajstić information content (AvgIpc) is 3.59. The molecule has 0 aliphatic carbocycles. The van der Waals surface area contributed by atoms with Crippen molar-refractivity contribution in [1.82, 2.24) is 19.3 Å². The molecule has 0 unspecified atom stereocenters. The Morgan fingerprint density at radius 2 is 1.38 bits per heavy atom. The van der Waals surface area contributed by atoms with E-state index in [4.69, 9.17) is 14.8 Å². The third-order valence-corrected chi connectivity index (χ3v) is 10.1. The Balaban J connectivity index is 0.00000464. The number of aromatic nitrogens is 4. The molecule has 0 atom stereocenters. The molecule has 3 aromatic heterocycles. The van der Waals surface area contributed by atoms with Crippen LogP contribution in [0.25, 0.3) is 44.4 Å². The molecule has 0 saturated heterocycles. The van der Waals surface area contributed by atoms with Crippen LogP contribution in [0.3, 0.4) is 0 Å². The first-order chi connectivity index (χ1) is 24.3. The minimum absolute atomic E-state index is 0. The molecule has 0 saturated carbocycles. The van der Waals surface area contributed by atoms with Gasteiger partial charge in [-0.3, -0.25) is 4.68 Å². The van der Waals surface area contributed by atoms with E-state index in [1.165, 1.54) is 27.8 Å². The summed E-state index contributed by atoms with van der Waals surface area (Å²) in [5.74, 6) is 2.10. The molecule has 0 spiro atoms. The number of aryl methyl sites for hydroxylation is 3. The maximum Gasteiger partial charge on any atom is 2.00 e. The number of pyridine rings is 1. The second-order valence-electron chi connectivity index (χ2n) is 15.7. The largest absolute Gasteiger partial charge is 2.00 e. The molecule has 0 radical (unpaired) electrons. The molecule has 0 amide bonds. The summed E-state index contributed by atoms with van der Waals surface area (Å²) in [6.45, 7) is 22.1. The van der Waals surface area contributed by atoms with Crippen LogP contribution in [0.5, 0.6) is 11.5 Å². The van der Waals surface area contributed by atoms with Crippen LogP contribution in [0.15, 0.2) is 85.1 Å². The predicted molar refractivity (Wildman–Crippen MR) is 211 cm³/mol. The summed E-state index contributed by atoms with van der Waals surface area (Å²) >= 11 is 0. The van der Waals surface area contributed by atoms with Crippen molar-refractivity contribution in [2.45, 2.75) is 92.9 Å². The average molecular weight is 779 g/mol. The van der Waals surface area contributed by atoms with Crippen molar-refractivity contribution in [3.8, 4) is 34.1 Å². The van der Waals surface area contributed by atoms with E-state index < -0.39 is 0 Å². The number of hydrogen-bond acceptors (Lipinski definition) is 3. The summed E-state index contributed by atoms with van der Waals surface area (Å²) in [7, 11) is 0.